The zero-order valence-corrected chi connectivity index (χ0v) is 13.2. The first-order valence-corrected chi connectivity index (χ1v) is 8.47. The molecule has 0 saturated carbocycles. The molecule has 5 nitrogen and oxygen atoms in total. The Kier molecular flexibility index (Phi) is 6.20. The molecule has 0 atom stereocenters. The van der Waals surface area contributed by atoms with Gasteiger partial charge in [-0.15, -0.1) is 0 Å². The first kappa shape index (κ1) is 16.0. The van der Waals surface area contributed by atoms with E-state index in [0.29, 0.717) is 17.9 Å². The molecule has 0 amide bonds. The van der Waals surface area contributed by atoms with Crippen molar-refractivity contribution in [3.8, 4) is 0 Å². The number of hydrogen-bond acceptors (Lipinski definition) is 6. The van der Waals surface area contributed by atoms with Crippen LogP contribution in [0.25, 0.3) is 0 Å². The quantitative estimate of drug-likeness (QED) is 0.618. The monoisotopic (exact) mass is 309 g/mol. The number of carbonyl (C=O) groups excluding carboxylic acids is 1. The van der Waals surface area contributed by atoms with E-state index in [1.165, 1.54) is 11.5 Å². The van der Waals surface area contributed by atoms with E-state index in [1.807, 2.05) is 17.8 Å². The van der Waals surface area contributed by atoms with Crippen LogP contribution >= 0.6 is 11.8 Å². The summed E-state index contributed by atoms with van der Waals surface area (Å²) in [6, 6.07) is 5.25. The highest BCUT2D eigenvalue weighted by atomic mass is 32.2. The lowest BCUT2D eigenvalue weighted by Gasteiger charge is -2.26. The maximum atomic E-state index is 11.6. The topological polar surface area (TPSA) is 67.6 Å². The van der Waals surface area contributed by atoms with Crippen molar-refractivity contribution in [2.75, 3.05) is 55.3 Å². The van der Waals surface area contributed by atoms with Crippen molar-refractivity contribution in [2.45, 2.75) is 6.92 Å². The Balaban J connectivity index is 1.84. The number of esters is 1. The van der Waals surface area contributed by atoms with Crippen molar-refractivity contribution >= 4 is 29.1 Å². The molecule has 0 aliphatic carbocycles. The summed E-state index contributed by atoms with van der Waals surface area (Å²) in [4.78, 5) is 14.1. The molecule has 0 aromatic heterocycles. The molecule has 1 aliphatic heterocycles. The summed E-state index contributed by atoms with van der Waals surface area (Å²) in [6.45, 7) is 6.34. The number of anilines is 2. The van der Waals surface area contributed by atoms with Gasteiger partial charge in [0, 0.05) is 37.7 Å². The van der Waals surface area contributed by atoms with Crippen LogP contribution in [-0.2, 0) is 4.74 Å². The SMILES string of the molecule is CCOC(=O)c1ccc(NCCN2CCSCC2)c(N)c1. The van der Waals surface area contributed by atoms with Crippen molar-refractivity contribution < 1.29 is 9.53 Å². The average Bonchev–Trinajstić information content (AvgIpc) is 2.50. The van der Waals surface area contributed by atoms with E-state index in [0.717, 1.165) is 31.9 Å². The Morgan fingerprint density at radius 2 is 2.19 bits per heavy atom. The van der Waals surface area contributed by atoms with E-state index in [-0.39, 0.29) is 5.97 Å². The molecule has 3 N–H and O–H groups in total. The van der Waals surface area contributed by atoms with Crippen LogP contribution in [0.4, 0.5) is 11.4 Å². The second-order valence-corrected chi connectivity index (χ2v) is 6.13. The number of carbonyl (C=O) groups is 1. The molecule has 6 heteroatoms. The maximum Gasteiger partial charge on any atom is 0.338 e. The fraction of sp³-hybridized carbons (Fsp3) is 0.533. The smallest absolute Gasteiger partial charge is 0.338 e. The molecule has 21 heavy (non-hydrogen) atoms. The predicted molar refractivity (Wildman–Crippen MR) is 89.1 cm³/mol. The summed E-state index contributed by atoms with van der Waals surface area (Å²) in [5, 5.41) is 3.33. The van der Waals surface area contributed by atoms with Crippen LogP contribution < -0.4 is 11.1 Å². The van der Waals surface area contributed by atoms with E-state index < -0.39 is 0 Å². The molecule has 2 rings (SSSR count). The highest BCUT2D eigenvalue weighted by Crippen LogP contribution is 2.20. The van der Waals surface area contributed by atoms with Gasteiger partial charge in [-0.2, -0.15) is 11.8 Å². The van der Waals surface area contributed by atoms with E-state index in [1.54, 1.807) is 19.1 Å². The Morgan fingerprint density at radius 3 is 2.86 bits per heavy atom. The zero-order chi connectivity index (χ0) is 15.1. The number of benzene rings is 1. The Labute approximate surface area is 130 Å². The lowest BCUT2D eigenvalue weighted by atomic mass is 10.1. The number of nitrogens with one attached hydrogen (secondary N) is 1. The Hall–Kier alpha value is -1.40. The van der Waals surface area contributed by atoms with Gasteiger partial charge in [0.2, 0.25) is 0 Å². The minimum atomic E-state index is -0.332. The fourth-order valence-corrected chi connectivity index (χ4v) is 3.22. The number of rotatable bonds is 6. The summed E-state index contributed by atoms with van der Waals surface area (Å²) < 4.78 is 4.96. The molecule has 1 aromatic carbocycles. The molecular weight excluding hydrogens is 286 g/mol. The van der Waals surface area contributed by atoms with Crippen LogP contribution in [0, 0.1) is 0 Å². The summed E-state index contributed by atoms with van der Waals surface area (Å²) in [7, 11) is 0. The summed E-state index contributed by atoms with van der Waals surface area (Å²) in [6.07, 6.45) is 0. The lowest BCUT2D eigenvalue weighted by molar-refractivity contribution is 0.0526. The van der Waals surface area contributed by atoms with Gasteiger partial charge in [-0.25, -0.2) is 4.79 Å². The maximum absolute atomic E-state index is 11.6. The normalized spacial score (nSPS) is 15.7. The summed E-state index contributed by atoms with van der Waals surface area (Å²) >= 11 is 2.01. The number of thioether (sulfide) groups is 1. The highest BCUT2D eigenvalue weighted by molar-refractivity contribution is 7.99. The van der Waals surface area contributed by atoms with Crippen LogP contribution in [0.15, 0.2) is 18.2 Å². The Bertz CT molecular complexity index is 476. The summed E-state index contributed by atoms with van der Waals surface area (Å²) in [5.74, 6) is 2.11. The lowest BCUT2D eigenvalue weighted by Crippen LogP contribution is -2.36. The van der Waals surface area contributed by atoms with E-state index >= 15 is 0 Å². The molecule has 0 radical (unpaired) electrons. The summed E-state index contributed by atoms with van der Waals surface area (Å²) in [5.41, 5.74) is 7.93. The molecule has 0 spiro atoms. The van der Waals surface area contributed by atoms with Crippen molar-refractivity contribution in [1.82, 2.24) is 4.90 Å². The third-order valence-corrected chi connectivity index (χ3v) is 4.35. The first-order chi connectivity index (χ1) is 10.2. The number of ether oxygens (including phenoxy) is 1. The number of hydrogen-bond donors (Lipinski definition) is 2. The van der Waals surface area contributed by atoms with Crippen LogP contribution in [0.1, 0.15) is 17.3 Å². The molecule has 1 saturated heterocycles. The average molecular weight is 309 g/mol. The minimum absolute atomic E-state index is 0.332. The van der Waals surface area contributed by atoms with Gasteiger partial charge in [-0.05, 0) is 25.1 Å². The van der Waals surface area contributed by atoms with Crippen LogP contribution in [-0.4, -0.2) is 55.2 Å². The van der Waals surface area contributed by atoms with Crippen LogP contribution in [0.5, 0.6) is 0 Å². The molecule has 116 valence electrons. The van der Waals surface area contributed by atoms with Crippen LogP contribution in [0.2, 0.25) is 0 Å². The second-order valence-electron chi connectivity index (χ2n) is 4.90. The van der Waals surface area contributed by atoms with E-state index in [9.17, 15) is 4.79 Å². The van der Waals surface area contributed by atoms with E-state index in [2.05, 4.69) is 10.2 Å². The van der Waals surface area contributed by atoms with Gasteiger partial charge in [0.25, 0.3) is 0 Å². The minimum Gasteiger partial charge on any atom is -0.462 e. The predicted octanol–water partition coefficient (Wildman–Crippen LogP) is 1.91. The van der Waals surface area contributed by atoms with Crippen LogP contribution in [0.3, 0.4) is 0 Å². The molecule has 1 aliphatic rings. The van der Waals surface area contributed by atoms with Gasteiger partial charge in [-0.1, -0.05) is 0 Å². The standard InChI is InChI=1S/C15H23N3O2S/c1-2-20-15(19)12-3-4-14(13(16)11-12)17-5-6-18-7-9-21-10-8-18/h3-4,11,17H,2,5-10,16H2,1H3. The number of nitrogens with two attached hydrogens (primary N) is 1. The van der Waals surface area contributed by atoms with Crippen molar-refractivity contribution in [3.63, 3.8) is 0 Å². The van der Waals surface area contributed by atoms with Gasteiger partial charge in [0.15, 0.2) is 0 Å². The third kappa shape index (κ3) is 4.82. The van der Waals surface area contributed by atoms with Gasteiger partial charge in [-0.3, -0.25) is 4.90 Å². The number of nitrogens with zero attached hydrogens (tertiary/aromatic N) is 1. The van der Waals surface area contributed by atoms with Gasteiger partial charge < -0.3 is 15.8 Å². The van der Waals surface area contributed by atoms with Gasteiger partial charge in [0.05, 0.1) is 23.5 Å². The highest BCUT2D eigenvalue weighted by Gasteiger charge is 2.11. The fourth-order valence-electron chi connectivity index (χ4n) is 2.24. The van der Waals surface area contributed by atoms with Crippen molar-refractivity contribution in [2.24, 2.45) is 0 Å². The molecule has 1 aromatic rings. The third-order valence-electron chi connectivity index (χ3n) is 3.41. The van der Waals surface area contributed by atoms with Crippen molar-refractivity contribution in [1.29, 1.82) is 0 Å². The largest absolute Gasteiger partial charge is 0.462 e. The second kappa shape index (κ2) is 8.14. The Morgan fingerprint density at radius 1 is 1.43 bits per heavy atom. The number of nitrogen functional groups attached to an aromatic ring is 1. The zero-order valence-electron chi connectivity index (χ0n) is 12.4. The molecule has 0 unspecified atom stereocenters. The molecule has 0 bridgehead atoms. The van der Waals surface area contributed by atoms with E-state index in [4.69, 9.17) is 10.5 Å². The van der Waals surface area contributed by atoms with Gasteiger partial charge in [0.1, 0.15) is 0 Å². The molecular formula is C15H23N3O2S. The molecule has 1 heterocycles. The molecule has 1 fully saturated rings. The first-order valence-electron chi connectivity index (χ1n) is 7.31. The van der Waals surface area contributed by atoms with Gasteiger partial charge >= 0.3 is 5.97 Å². The van der Waals surface area contributed by atoms with Crippen molar-refractivity contribution in [3.05, 3.63) is 23.8 Å².